The molecule has 25 heavy (non-hydrogen) atoms. The molecule has 0 fully saturated rings. The second kappa shape index (κ2) is 6.90. The Labute approximate surface area is 146 Å². The summed E-state index contributed by atoms with van der Waals surface area (Å²) in [5, 5.41) is 10.4. The van der Waals surface area contributed by atoms with Crippen molar-refractivity contribution in [3.8, 4) is 11.9 Å². The molecular formula is C21H19FN2O. The number of ether oxygens (including phenoxy) is 1. The maximum absolute atomic E-state index is 15.4. The van der Waals surface area contributed by atoms with Crippen LogP contribution in [0.15, 0.2) is 54.6 Å². The van der Waals surface area contributed by atoms with Crippen molar-refractivity contribution in [3.63, 3.8) is 0 Å². The van der Waals surface area contributed by atoms with Gasteiger partial charge in [0.05, 0.1) is 12.6 Å². The molecule has 0 spiro atoms. The smallest absolute Gasteiger partial charge is 0.225 e. The van der Waals surface area contributed by atoms with Gasteiger partial charge in [-0.3, -0.25) is 0 Å². The van der Waals surface area contributed by atoms with E-state index in [4.69, 9.17) is 4.74 Å². The van der Waals surface area contributed by atoms with Crippen LogP contribution < -0.4 is 4.74 Å². The highest BCUT2D eigenvalue weighted by Gasteiger charge is 2.32. The molecule has 1 heterocycles. The number of alkyl halides is 1. The topological polar surface area (TPSA) is 45.9 Å². The van der Waals surface area contributed by atoms with E-state index in [2.05, 4.69) is 4.98 Å². The van der Waals surface area contributed by atoms with E-state index in [1.807, 2.05) is 55.5 Å². The summed E-state index contributed by atoms with van der Waals surface area (Å²) in [6.45, 7) is 2.03. The maximum atomic E-state index is 15.4. The van der Waals surface area contributed by atoms with Gasteiger partial charge in [0.15, 0.2) is 0 Å². The zero-order valence-electron chi connectivity index (χ0n) is 14.3. The van der Waals surface area contributed by atoms with Crippen molar-refractivity contribution in [1.82, 2.24) is 4.98 Å². The molecule has 1 aromatic heterocycles. The minimum Gasteiger partial charge on any atom is -0.481 e. The number of hydrogen-bond donors (Lipinski definition) is 0. The molecule has 0 aliphatic carbocycles. The normalized spacial score (nSPS) is 13.2. The van der Waals surface area contributed by atoms with Gasteiger partial charge in [0, 0.05) is 22.9 Å². The quantitative estimate of drug-likeness (QED) is 0.677. The lowest BCUT2D eigenvalue weighted by molar-refractivity contribution is 0.243. The SMILES string of the molecule is CCc1cc2ccc(C(F)(C#N)Cc3ccccc3)cc2nc1OC. The molecule has 0 aliphatic rings. The number of pyridine rings is 1. The molecule has 0 bridgehead atoms. The lowest BCUT2D eigenvalue weighted by atomic mass is 9.89. The van der Waals surface area contributed by atoms with Crippen LogP contribution in [-0.2, 0) is 18.5 Å². The molecule has 0 saturated carbocycles. The molecule has 2 aromatic carbocycles. The largest absolute Gasteiger partial charge is 0.481 e. The highest BCUT2D eigenvalue weighted by Crippen LogP contribution is 2.32. The van der Waals surface area contributed by atoms with E-state index in [9.17, 15) is 5.26 Å². The Morgan fingerprint density at radius 2 is 1.92 bits per heavy atom. The Kier molecular flexibility index (Phi) is 4.67. The third-order valence-electron chi connectivity index (χ3n) is 4.36. The number of nitriles is 1. The van der Waals surface area contributed by atoms with E-state index in [0.717, 1.165) is 22.9 Å². The molecule has 0 N–H and O–H groups in total. The molecule has 0 aliphatic heterocycles. The van der Waals surface area contributed by atoms with Crippen molar-refractivity contribution in [2.24, 2.45) is 0 Å². The fourth-order valence-corrected chi connectivity index (χ4v) is 2.95. The summed E-state index contributed by atoms with van der Waals surface area (Å²) < 4.78 is 20.7. The first-order chi connectivity index (χ1) is 12.1. The summed E-state index contributed by atoms with van der Waals surface area (Å²) in [6, 6.07) is 18.1. The van der Waals surface area contributed by atoms with Crippen LogP contribution in [-0.4, -0.2) is 12.1 Å². The number of methoxy groups -OCH3 is 1. The summed E-state index contributed by atoms with van der Waals surface area (Å²) >= 11 is 0. The van der Waals surface area contributed by atoms with Gasteiger partial charge in [-0.25, -0.2) is 9.37 Å². The van der Waals surface area contributed by atoms with E-state index in [1.54, 1.807) is 19.2 Å². The average Bonchev–Trinajstić information content (AvgIpc) is 2.67. The molecule has 0 radical (unpaired) electrons. The second-order valence-corrected chi connectivity index (χ2v) is 5.99. The van der Waals surface area contributed by atoms with Gasteiger partial charge >= 0.3 is 0 Å². The molecule has 3 nitrogen and oxygen atoms in total. The molecule has 4 heteroatoms. The first-order valence-electron chi connectivity index (χ1n) is 8.22. The van der Waals surface area contributed by atoms with Gasteiger partial charge < -0.3 is 4.74 Å². The zero-order valence-corrected chi connectivity index (χ0v) is 14.3. The highest BCUT2D eigenvalue weighted by atomic mass is 19.1. The molecule has 1 atom stereocenters. The molecule has 1 unspecified atom stereocenters. The summed E-state index contributed by atoms with van der Waals surface area (Å²) in [5.41, 5.74) is 0.604. The Hall–Kier alpha value is -2.93. The Bertz CT molecular complexity index is 934. The average molecular weight is 334 g/mol. The first-order valence-corrected chi connectivity index (χ1v) is 8.22. The van der Waals surface area contributed by atoms with E-state index in [0.29, 0.717) is 17.0 Å². The summed E-state index contributed by atoms with van der Waals surface area (Å²) in [7, 11) is 1.57. The monoisotopic (exact) mass is 334 g/mol. The number of rotatable bonds is 5. The van der Waals surface area contributed by atoms with Crippen LogP contribution >= 0.6 is 0 Å². The van der Waals surface area contributed by atoms with Gasteiger partial charge in [0.2, 0.25) is 11.5 Å². The molecule has 3 aromatic rings. The van der Waals surface area contributed by atoms with Crippen molar-refractivity contribution < 1.29 is 9.13 Å². The maximum Gasteiger partial charge on any atom is 0.225 e. The van der Waals surface area contributed by atoms with Crippen LogP contribution in [0.3, 0.4) is 0 Å². The molecule has 126 valence electrons. The number of fused-ring (bicyclic) bond motifs is 1. The van der Waals surface area contributed by atoms with Crippen molar-refractivity contribution in [2.45, 2.75) is 25.4 Å². The van der Waals surface area contributed by atoms with Crippen LogP contribution in [0.1, 0.15) is 23.6 Å². The van der Waals surface area contributed by atoms with Gasteiger partial charge in [-0.2, -0.15) is 5.26 Å². The van der Waals surface area contributed by atoms with Crippen molar-refractivity contribution in [2.75, 3.05) is 7.11 Å². The number of nitrogens with zero attached hydrogens (tertiary/aromatic N) is 2. The number of aromatic nitrogens is 1. The van der Waals surface area contributed by atoms with E-state index >= 15 is 4.39 Å². The Morgan fingerprint density at radius 1 is 1.16 bits per heavy atom. The van der Waals surface area contributed by atoms with E-state index in [1.165, 1.54) is 0 Å². The van der Waals surface area contributed by atoms with Crippen LogP contribution in [0, 0.1) is 11.3 Å². The van der Waals surface area contributed by atoms with Gasteiger partial charge in [0.25, 0.3) is 0 Å². The minimum absolute atomic E-state index is 0.0000250. The van der Waals surface area contributed by atoms with Crippen molar-refractivity contribution >= 4 is 10.9 Å². The Morgan fingerprint density at radius 3 is 2.56 bits per heavy atom. The standard InChI is InChI=1S/C21H19FN2O/c1-3-16-11-17-9-10-18(12-19(17)24-20(16)25-2)21(22,14-23)13-15-7-5-4-6-8-15/h4-12H,3,13H2,1-2H3. The van der Waals surface area contributed by atoms with Gasteiger partial charge in [0.1, 0.15) is 6.07 Å². The fraction of sp³-hybridized carbons (Fsp3) is 0.238. The van der Waals surface area contributed by atoms with Crippen molar-refractivity contribution in [1.29, 1.82) is 5.26 Å². The Balaban J connectivity index is 2.06. The van der Waals surface area contributed by atoms with E-state index in [-0.39, 0.29) is 6.42 Å². The van der Waals surface area contributed by atoms with Gasteiger partial charge in [-0.1, -0.05) is 49.4 Å². The number of aryl methyl sites for hydroxylation is 1. The molecule has 0 saturated heterocycles. The fourth-order valence-electron chi connectivity index (χ4n) is 2.95. The second-order valence-electron chi connectivity index (χ2n) is 5.99. The summed E-state index contributed by atoms with van der Waals surface area (Å²) in [5.74, 6) is 0.539. The number of halogens is 1. The van der Waals surface area contributed by atoms with Gasteiger partial charge in [-0.05, 0) is 24.1 Å². The minimum atomic E-state index is -2.10. The molecular weight excluding hydrogens is 315 g/mol. The highest BCUT2D eigenvalue weighted by molar-refractivity contribution is 5.81. The summed E-state index contributed by atoms with van der Waals surface area (Å²) in [4.78, 5) is 4.48. The first kappa shape index (κ1) is 16.9. The predicted octanol–water partition coefficient (Wildman–Crippen LogP) is 4.74. The third kappa shape index (κ3) is 3.32. The van der Waals surface area contributed by atoms with Crippen LogP contribution in [0.4, 0.5) is 4.39 Å². The van der Waals surface area contributed by atoms with Crippen LogP contribution in [0.5, 0.6) is 5.88 Å². The number of hydrogen-bond acceptors (Lipinski definition) is 3. The molecule has 0 amide bonds. The number of benzene rings is 2. The molecule has 3 rings (SSSR count). The lowest BCUT2D eigenvalue weighted by Crippen LogP contribution is -2.21. The lowest BCUT2D eigenvalue weighted by Gasteiger charge is -2.19. The zero-order chi connectivity index (χ0) is 17.9. The van der Waals surface area contributed by atoms with E-state index < -0.39 is 5.67 Å². The van der Waals surface area contributed by atoms with Crippen molar-refractivity contribution in [3.05, 3.63) is 71.3 Å². The van der Waals surface area contributed by atoms with Gasteiger partial charge in [-0.15, -0.1) is 0 Å². The third-order valence-corrected chi connectivity index (χ3v) is 4.36. The van der Waals surface area contributed by atoms with Crippen LogP contribution in [0.25, 0.3) is 10.9 Å². The van der Waals surface area contributed by atoms with Crippen LogP contribution in [0.2, 0.25) is 0 Å². The predicted molar refractivity (Wildman–Crippen MR) is 96.2 cm³/mol. The summed E-state index contributed by atoms with van der Waals surface area (Å²) in [6.07, 6.45) is 0.799.